The van der Waals surface area contributed by atoms with Crippen LogP contribution < -0.4 is 19.5 Å². The van der Waals surface area contributed by atoms with E-state index < -0.39 is 5.41 Å². The minimum Gasteiger partial charge on any atom is -0.494 e. The van der Waals surface area contributed by atoms with Gasteiger partial charge in [0.2, 0.25) is 11.9 Å². The van der Waals surface area contributed by atoms with E-state index in [1.807, 2.05) is 18.2 Å². The van der Waals surface area contributed by atoms with Gasteiger partial charge in [0.15, 0.2) is 17.2 Å². The first kappa shape index (κ1) is 14.7. The summed E-state index contributed by atoms with van der Waals surface area (Å²) < 4.78 is 16.2. The molecule has 0 radical (unpaired) electrons. The smallest absolute Gasteiger partial charge is 0.237 e. The van der Waals surface area contributed by atoms with Gasteiger partial charge >= 0.3 is 0 Å². The summed E-state index contributed by atoms with van der Waals surface area (Å²) in [5.41, 5.74) is 0.386. The Balaban J connectivity index is 1.55. The van der Waals surface area contributed by atoms with Gasteiger partial charge in [0.05, 0.1) is 24.9 Å². The number of benzene rings is 1. The lowest BCUT2D eigenvalue weighted by molar-refractivity contribution is -0.118. The second-order valence-electron chi connectivity index (χ2n) is 5.84. The molecule has 1 N–H and O–H groups in total. The van der Waals surface area contributed by atoms with E-state index in [-0.39, 0.29) is 11.9 Å². The number of hydrogen-bond donors (Lipinski definition) is 1. The van der Waals surface area contributed by atoms with E-state index in [2.05, 4.69) is 15.3 Å². The highest BCUT2D eigenvalue weighted by atomic mass is 16.6. The van der Waals surface area contributed by atoms with E-state index in [0.717, 1.165) is 24.2 Å². The molecule has 0 bridgehead atoms. The number of carbonyl (C=O) groups excluding carboxylic acids is 1. The van der Waals surface area contributed by atoms with Crippen LogP contribution in [0, 0.1) is 0 Å². The Bertz CT molecular complexity index is 772. The highest BCUT2D eigenvalue weighted by Crippen LogP contribution is 2.50. The third kappa shape index (κ3) is 2.51. The zero-order valence-corrected chi connectivity index (χ0v) is 13.2. The first-order valence-electron chi connectivity index (χ1n) is 7.79. The summed E-state index contributed by atoms with van der Waals surface area (Å²) in [6, 6.07) is 5.69. The molecule has 1 aromatic carbocycles. The maximum atomic E-state index is 12.7. The van der Waals surface area contributed by atoms with Crippen molar-refractivity contribution in [1.29, 1.82) is 0 Å². The summed E-state index contributed by atoms with van der Waals surface area (Å²) in [5, 5.41) is 2.79. The summed E-state index contributed by atoms with van der Waals surface area (Å²) in [6.07, 6.45) is 4.61. The van der Waals surface area contributed by atoms with Crippen LogP contribution in [0.4, 0.5) is 5.95 Å². The predicted octanol–water partition coefficient (Wildman–Crippen LogP) is 1.93. The van der Waals surface area contributed by atoms with Crippen LogP contribution in [0.5, 0.6) is 17.2 Å². The first-order valence-corrected chi connectivity index (χ1v) is 7.79. The number of hydrogen-bond acceptors (Lipinski definition) is 6. The molecule has 0 spiro atoms. The topological polar surface area (TPSA) is 82.6 Å². The standard InChI is InChI=1S/C17H17N3O4/c1-22-12-9-18-16(19-10-12)20-15(21)17(4-5-17)11-2-3-13-14(8-11)24-7-6-23-13/h2-3,8-10H,4-7H2,1H3,(H,18,19,20,21). The molecule has 0 atom stereocenters. The fourth-order valence-electron chi connectivity index (χ4n) is 2.82. The molecule has 1 fully saturated rings. The molecule has 124 valence electrons. The summed E-state index contributed by atoms with van der Waals surface area (Å²) in [7, 11) is 1.54. The van der Waals surface area contributed by atoms with E-state index in [1.165, 1.54) is 19.5 Å². The van der Waals surface area contributed by atoms with Crippen molar-refractivity contribution in [1.82, 2.24) is 9.97 Å². The lowest BCUT2D eigenvalue weighted by Crippen LogP contribution is -2.29. The molecule has 0 unspecified atom stereocenters. The van der Waals surface area contributed by atoms with Gasteiger partial charge in [0, 0.05) is 0 Å². The minimum atomic E-state index is -0.543. The molecule has 24 heavy (non-hydrogen) atoms. The number of amides is 1. The molecule has 1 aromatic heterocycles. The number of nitrogens with one attached hydrogen (secondary N) is 1. The Morgan fingerprint density at radius 1 is 1.17 bits per heavy atom. The van der Waals surface area contributed by atoms with Gasteiger partial charge in [-0.15, -0.1) is 0 Å². The molecular formula is C17H17N3O4. The molecule has 2 aliphatic rings. The van der Waals surface area contributed by atoms with Crippen molar-refractivity contribution in [3.8, 4) is 17.2 Å². The van der Waals surface area contributed by atoms with E-state index >= 15 is 0 Å². The quantitative estimate of drug-likeness (QED) is 0.924. The van der Waals surface area contributed by atoms with Crippen LogP contribution >= 0.6 is 0 Å². The number of aromatic nitrogens is 2. The van der Waals surface area contributed by atoms with Gasteiger partial charge in [-0.2, -0.15) is 0 Å². The van der Waals surface area contributed by atoms with Crippen molar-refractivity contribution in [2.45, 2.75) is 18.3 Å². The van der Waals surface area contributed by atoms with Crippen molar-refractivity contribution in [3.63, 3.8) is 0 Å². The zero-order valence-electron chi connectivity index (χ0n) is 13.2. The molecule has 7 nitrogen and oxygen atoms in total. The number of fused-ring (bicyclic) bond motifs is 1. The monoisotopic (exact) mass is 327 g/mol. The van der Waals surface area contributed by atoms with Crippen LogP contribution in [0.15, 0.2) is 30.6 Å². The van der Waals surface area contributed by atoms with E-state index in [9.17, 15) is 4.79 Å². The number of rotatable bonds is 4. The van der Waals surface area contributed by atoms with Crippen molar-refractivity contribution < 1.29 is 19.0 Å². The third-order valence-corrected chi connectivity index (χ3v) is 4.37. The van der Waals surface area contributed by atoms with E-state index in [4.69, 9.17) is 14.2 Å². The summed E-state index contributed by atoms with van der Waals surface area (Å²) in [6.45, 7) is 1.07. The van der Waals surface area contributed by atoms with E-state index in [0.29, 0.717) is 24.7 Å². The van der Waals surface area contributed by atoms with Crippen LogP contribution in [0.1, 0.15) is 18.4 Å². The Kier molecular flexibility index (Phi) is 3.48. The molecule has 1 aliphatic carbocycles. The highest BCUT2D eigenvalue weighted by molar-refractivity contribution is 6.00. The van der Waals surface area contributed by atoms with Crippen LogP contribution in [0.2, 0.25) is 0 Å². The molecule has 0 saturated heterocycles. The Morgan fingerprint density at radius 2 is 1.88 bits per heavy atom. The largest absolute Gasteiger partial charge is 0.494 e. The zero-order chi connectivity index (χ0) is 16.6. The van der Waals surface area contributed by atoms with E-state index in [1.54, 1.807) is 0 Å². The number of ether oxygens (including phenoxy) is 3. The Morgan fingerprint density at radius 3 is 2.54 bits per heavy atom. The average molecular weight is 327 g/mol. The maximum Gasteiger partial charge on any atom is 0.237 e. The van der Waals surface area contributed by atoms with Gasteiger partial charge in [-0.1, -0.05) is 6.07 Å². The molecule has 2 heterocycles. The van der Waals surface area contributed by atoms with Gasteiger partial charge in [-0.05, 0) is 30.5 Å². The second-order valence-corrected chi connectivity index (χ2v) is 5.84. The number of nitrogens with zero attached hydrogens (tertiary/aromatic N) is 2. The van der Waals surface area contributed by atoms with Gasteiger partial charge in [0.1, 0.15) is 13.2 Å². The van der Waals surface area contributed by atoms with Crippen molar-refractivity contribution in [2.24, 2.45) is 0 Å². The van der Waals surface area contributed by atoms with Crippen LogP contribution in [0.25, 0.3) is 0 Å². The normalized spacial score (nSPS) is 17.0. The van der Waals surface area contributed by atoms with Gasteiger partial charge in [0.25, 0.3) is 0 Å². The average Bonchev–Trinajstić information content (AvgIpc) is 3.44. The lowest BCUT2D eigenvalue weighted by atomic mass is 9.94. The fourth-order valence-corrected chi connectivity index (χ4v) is 2.82. The fraction of sp³-hybridized carbons (Fsp3) is 0.353. The molecule has 2 aromatic rings. The van der Waals surface area contributed by atoms with Crippen molar-refractivity contribution >= 4 is 11.9 Å². The van der Waals surface area contributed by atoms with Crippen molar-refractivity contribution in [2.75, 3.05) is 25.6 Å². The Labute approximate surface area is 139 Å². The highest BCUT2D eigenvalue weighted by Gasteiger charge is 2.51. The molecule has 1 aliphatic heterocycles. The molecule has 4 rings (SSSR count). The van der Waals surface area contributed by atoms with Crippen LogP contribution in [-0.2, 0) is 10.2 Å². The number of anilines is 1. The SMILES string of the molecule is COc1cnc(NC(=O)C2(c3ccc4c(c3)OCCO4)CC2)nc1. The lowest BCUT2D eigenvalue weighted by Gasteiger charge is -2.21. The van der Waals surface area contributed by atoms with Gasteiger partial charge in [-0.25, -0.2) is 9.97 Å². The van der Waals surface area contributed by atoms with Crippen molar-refractivity contribution in [3.05, 3.63) is 36.2 Å². The summed E-state index contributed by atoms with van der Waals surface area (Å²) in [4.78, 5) is 20.9. The van der Waals surface area contributed by atoms with Gasteiger partial charge < -0.3 is 14.2 Å². The summed E-state index contributed by atoms with van der Waals surface area (Å²) in [5.74, 6) is 2.12. The van der Waals surface area contributed by atoms with Crippen LogP contribution in [0.3, 0.4) is 0 Å². The van der Waals surface area contributed by atoms with Gasteiger partial charge in [-0.3, -0.25) is 10.1 Å². The first-order chi connectivity index (χ1) is 11.7. The molecule has 1 saturated carbocycles. The predicted molar refractivity (Wildman–Crippen MR) is 85.6 cm³/mol. The molecule has 1 amide bonds. The third-order valence-electron chi connectivity index (χ3n) is 4.37. The Hall–Kier alpha value is -2.83. The minimum absolute atomic E-state index is 0.107. The maximum absolute atomic E-state index is 12.7. The number of methoxy groups -OCH3 is 1. The second kappa shape index (κ2) is 5.67. The van der Waals surface area contributed by atoms with Crippen LogP contribution in [-0.4, -0.2) is 36.2 Å². The summed E-state index contributed by atoms with van der Waals surface area (Å²) >= 11 is 0. The molecular weight excluding hydrogens is 310 g/mol. The molecule has 7 heteroatoms. The number of carbonyl (C=O) groups is 1.